The Morgan fingerprint density at radius 2 is 1.80 bits per heavy atom. The van der Waals surface area contributed by atoms with Crippen LogP contribution < -0.4 is 0 Å². The second-order valence-electron chi connectivity index (χ2n) is 4.25. The molecule has 1 fully saturated rings. The summed E-state index contributed by atoms with van der Waals surface area (Å²) in [7, 11) is 0. The number of halogens is 4. The molecular weight excluding hydrogens is 208 g/mol. The summed E-state index contributed by atoms with van der Waals surface area (Å²) < 4.78 is 50.5. The number of hydrogen-bond donors (Lipinski definition) is 0. The van der Waals surface area contributed by atoms with Crippen LogP contribution in [0.15, 0.2) is 18.2 Å². The van der Waals surface area contributed by atoms with Crippen molar-refractivity contribution in [3.8, 4) is 0 Å². The minimum Gasteiger partial charge on any atom is -0.207 e. The Labute approximate surface area is 84.9 Å². The Bertz CT molecular complexity index is 388. The van der Waals surface area contributed by atoms with Crippen molar-refractivity contribution in [2.24, 2.45) is 0 Å². The van der Waals surface area contributed by atoms with Gasteiger partial charge in [-0.15, -0.1) is 0 Å². The van der Waals surface area contributed by atoms with Crippen molar-refractivity contribution in [1.29, 1.82) is 0 Å². The Balaban J connectivity index is 2.47. The van der Waals surface area contributed by atoms with Gasteiger partial charge < -0.3 is 0 Å². The van der Waals surface area contributed by atoms with E-state index in [-0.39, 0.29) is 11.0 Å². The lowest BCUT2D eigenvalue weighted by atomic mass is 9.95. The van der Waals surface area contributed by atoms with Crippen molar-refractivity contribution in [2.75, 3.05) is 0 Å². The van der Waals surface area contributed by atoms with Crippen LogP contribution in [0.4, 0.5) is 17.6 Å². The molecule has 0 amide bonds. The molecule has 0 unspecified atom stereocenters. The minimum absolute atomic E-state index is 0.192. The zero-order chi connectivity index (χ0) is 11.3. The molecule has 0 saturated heterocycles. The molecule has 0 bridgehead atoms. The van der Waals surface area contributed by atoms with Gasteiger partial charge in [0, 0.05) is 0 Å². The van der Waals surface area contributed by atoms with E-state index in [4.69, 9.17) is 0 Å². The van der Waals surface area contributed by atoms with Gasteiger partial charge in [-0.25, -0.2) is 4.39 Å². The topological polar surface area (TPSA) is 0 Å². The smallest absolute Gasteiger partial charge is 0.207 e. The molecule has 0 aliphatic heterocycles. The van der Waals surface area contributed by atoms with E-state index in [0.717, 1.165) is 31.0 Å². The molecule has 0 heterocycles. The van der Waals surface area contributed by atoms with E-state index in [0.29, 0.717) is 0 Å². The number of hydrogen-bond acceptors (Lipinski definition) is 0. The summed E-state index contributed by atoms with van der Waals surface area (Å²) in [4.78, 5) is 0. The lowest BCUT2D eigenvalue weighted by Gasteiger charge is -2.13. The Morgan fingerprint density at radius 3 is 2.27 bits per heavy atom. The van der Waals surface area contributed by atoms with Crippen molar-refractivity contribution in [1.82, 2.24) is 0 Å². The highest BCUT2D eigenvalue weighted by molar-refractivity contribution is 5.36. The van der Waals surface area contributed by atoms with Gasteiger partial charge in [-0.1, -0.05) is 6.92 Å². The molecule has 0 spiro atoms. The second kappa shape index (κ2) is 2.97. The van der Waals surface area contributed by atoms with Gasteiger partial charge in [-0.2, -0.15) is 13.2 Å². The van der Waals surface area contributed by atoms with E-state index in [2.05, 4.69) is 0 Å². The molecule has 1 aromatic rings. The summed E-state index contributed by atoms with van der Waals surface area (Å²) in [5, 5.41) is 0. The lowest BCUT2D eigenvalue weighted by Crippen LogP contribution is -2.10. The first-order valence-electron chi connectivity index (χ1n) is 4.70. The van der Waals surface area contributed by atoms with Crippen molar-refractivity contribution in [2.45, 2.75) is 31.4 Å². The van der Waals surface area contributed by atoms with E-state index in [1.807, 2.05) is 0 Å². The molecule has 0 nitrogen and oxygen atoms in total. The van der Waals surface area contributed by atoms with E-state index in [1.54, 1.807) is 6.92 Å². The summed E-state index contributed by atoms with van der Waals surface area (Å²) in [6.07, 6.45) is -2.88. The molecule has 0 N–H and O–H groups in total. The molecular formula is C11H10F4. The molecule has 82 valence electrons. The fraction of sp³-hybridized carbons (Fsp3) is 0.455. The monoisotopic (exact) mass is 218 g/mol. The van der Waals surface area contributed by atoms with Gasteiger partial charge in [0.1, 0.15) is 5.82 Å². The highest BCUT2D eigenvalue weighted by atomic mass is 19.4. The second-order valence-corrected chi connectivity index (χ2v) is 4.25. The largest absolute Gasteiger partial charge is 0.416 e. The van der Waals surface area contributed by atoms with Gasteiger partial charge >= 0.3 is 6.18 Å². The van der Waals surface area contributed by atoms with Gasteiger partial charge in [0.25, 0.3) is 0 Å². The maximum Gasteiger partial charge on any atom is 0.416 e. The van der Waals surface area contributed by atoms with Gasteiger partial charge in [0.05, 0.1) is 5.56 Å². The quantitative estimate of drug-likeness (QED) is 0.627. The standard InChI is InChI=1S/C11H10F4/c1-10(4-5-10)8-6-7(11(13,14)15)2-3-9(8)12/h2-3,6H,4-5H2,1H3. The molecule has 1 aliphatic rings. The summed E-state index contributed by atoms with van der Waals surface area (Å²) in [6.45, 7) is 1.78. The van der Waals surface area contributed by atoms with Gasteiger partial charge in [0.2, 0.25) is 0 Å². The molecule has 1 saturated carbocycles. The number of alkyl halides is 3. The summed E-state index contributed by atoms with van der Waals surface area (Å²) in [5.74, 6) is -0.539. The first kappa shape index (κ1) is 10.5. The third-order valence-electron chi connectivity index (χ3n) is 2.94. The molecule has 1 aromatic carbocycles. The third kappa shape index (κ3) is 1.85. The Morgan fingerprint density at radius 1 is 1.20 bits per heavy atom. The predicted octanol–water partition coefficient (Wildman–Crippen LogP) is 3.90. The van der Waals surface area contributed by atoms with Crippen LogP contribution in [0.5, 0.6) is 0 Å². The van der Waals surface area contributed by atoms with E-state index in [9.17, 15) is 17.6 Å². The molecule has 0 radical (unpaired) electrons. The van der Waals surface area contributed by atoms with Gasteiger partial charge in [-0.05, 0) is 42.0 Å². The minimum atomic E-state index is -4.40. The maximum atomic E-state index is 13.3. The first-order chi connectivity index (χ1) is 6.83. The van der Waals surface area contributed by atoms with Crippen LogP contribution in [0, 0.1) is 5.82 Å². The van der Waals surface area contributed by atoms with Gasteiger partial charge in [-0.3, -0.25) is 0 Å². The molecule has 0 atom stereocenters. The zero-order valence-electron chi connectivity index (χ0n) is 8.16. The Hall–Kier alpha value is -1.06. The lowest BCUT2D eigenvalue weighted by molar-refractivity contribution is -0.137. The normalized spacial score (nSPS) is 19.0. The summed E-state index contributed by atoms with van der Waals surface area (Å²) in [5.41, 5.74) is -0.963. The van der Waals surface area contributed by atoms with E-state index in [1.165, 1.54) is 0 Å². The van der Waals surface area contributed by atoms with Crippen molar-refractivity contribution >= 4 is 0 Å². The van der Waals surface area contributed by atoms with Crippen LogP contribution in [-0.4, -0.2) is 0 Å². The third-order valence-corrected chi connectivity index (χ3v) is 2.94. The fourth-order valence-electron chi connectivity index (χ4n) is 1.62. The summed E-state index contributed by atoms with van der Waals surface area (Å²) in [6, 6.07) is 2.62. The van der Waals surface area contributed by atoms with E-state index >= 15 is 0 Å². The average molecular weight is 218 g/mol. The average Bonchev–Trinajstić information content (AvgIpc) is 2.83. The molecule has 15 heavy (non-hydrogen) atoms. The SMILES string of the molecule is CC1(c2cc(C(F)(F)F)ccc2F)CC1. The molecule has 1 aliphatic carbocycles. The molecule has 4 heteroatoms. The number of benzene rings is 1. The van der Waals surface area contributed by atoms with Crippen molar-refractivity contribution in [3.63, 3.8) is 0 Å². The van der Waals surface area contributed by atoms with Crippen LogP contribution in [0.25, 0.3) is 0 Å². The predicted molar refractivity (Wildman–Crippen MR) is 48.0 cm³/mol. The van der Waals surface area contributed by atoms with E-state index < -0.39 is 17.6 Å². The van der Waals surface area contributed by atoms with Gasteiger partial charge in [0.15, 0.2) is 0 Å². The zero-order valence-corrected chi connectivity index (χ0v) is 8.16. The highest BCUT2D eigenvalue weighted by Crippen LogP contribution is 2.49. The molecule has 0 aromatic heterocycles. The summed E-state index contributed by atoms with van der Waals surface area (Å²) >= 11 is 0. The van der Waals surface area contributed by atoms with Crippen molar-refractivity contribution in [3.05, 3.63) is 35.1 Å². The van der Waals surface area contributed by atoms with Crippen LogP contribution in [0.2, 0.25) is 0 Å². The molecule has 2 rings (SSSR count). The first-order valence-corrected chi connectivity index (χ1v) is 4.70. The van der Waals surface area contributed by atoms with Crippen LogP contribution >= 0.6 is 0 Å². The van der Waals surface area contributed by atoms with Crippen molar-refractivity contribution < 1.29 is 17.6 Å². The number of rotatable bonds is 1. The van der Waals surface area contributed by atoms with Crippen LogP contribution in [-0.2, 0) is 11.6 Å². The van der Waals surface area contributed by atoms with Crippen LogP contribution in [0.3, 0.4) is 0 Å². The highest BCUT2D eigenvalue weighted by Gasteiger charge is 2.42. The Kier molecular flexibility index (Phi) is 2.07. The maximum absolute atomic E-state index is 13.3. The fourth-order valence-corrected chi connectivity index (χ4v) is 1.62. The van der Waals surface area contributed by atoms with Crippen LogP contribution in [0.1, 0.15) is 30.9 Å².